The van der Waals surface area contributed by atoms with Gasteiger partial charge in [0.05, 0.1) is 18.7 Å². The summed E-state index contributed by atoms with van der Waals surface area (Å²) >= 11 is 8.30. The second-order valence-corrected chi connectivity index (χ2v) is 16.7. The Bertz CT molecular complexity index is 2260. The summed E-state index contributed by atoms with van der Waals surface area (Å²) in [6.45, 7) is 3.77. The monoisotopic (exact) mass is 970 g/mol. The number of hydrogen-bond acceptors (Lipinski definition) is 14. The Labute approximate surface area is 396 Å². The van der Waals surface area contributed by atoms with Crippen LogP contribution in [0, 0.1) is 0 Å². The number of aromatic hydroxyl groups is 1. The zero-order valence-corrected chi connectivity index (χ0v) is 38.7. The largest absolute Gasteiger partial charge is 0.508 e. The highest BCUT2D eigenvalue weighted by Crippen LogP contribution is 2.19. The SMILES string of the molecule is C[C@H](NC(=O)[C@H](CS)NC(=O)[C@H](Cc1c[nH]c2ccccc12)NC(=O)CNC(=O)[C@H](Cc1ccc(O)cc1)NC(=O)[C@H](C)NC(=O)[C@H](CS)NC(=O)[C@@H](NC(=O)[C@@H]1CCCN1)[C@@H](C)O)C(=O)O. The van der Waals surface area contributed by atoms with Crippen LogP contribution in [0.15, 0.2) is 54.7 Å². The van der Waals surface area contributed by atoms with E-state index in [0.717, 1.165) is 17.3 Å². The maximum atomic E-state index is 13.7. The number of thiol groups is 2. The van der Waals surface area contributed by atoms with Crippen LogP contribution >= 0.6 is 25.3 Å². The van der Waals surface area contributed by atoms with Gasteiger partial charge in [-0.25, -0.2) is 0 Å². The van der Waals surface area contributed by atoms with Crippen molar-refractivity contribution in [3.8, 4) is 5.75 Å². The minimum absolute atomic E-state index is 0.0667. The molecule has 1 fully saturated rings. The van der Waals surface area contributed by atoms with Crippen LogP contribution in [-0.4, -0.2) is 153 Å². The fourth-order valence-corrected chi connectivity index (χ4v) is 7.40. The quantitative estimate of drug-likeness (QED) is 0.0407. The van der Waals surface area contributed by atoms with Crippen molar-refractivity contribution >= 4 is 89.4 Å². The number of aliphatic hydroxyl groups excluding tert-OH is 1. The Balaban J connectivity index is 1.44. The van der Waals surface area contributed by atoms with Crippen LogP contribution in [-0.2, 0) is 56.0 Å². The number of carbonyl (C=O) groups is 9. The van der Waals surface area contributed by atoms with Crippen LogP contribution in [0.4, 0.5) is 0 Å². The Hall–Kier alpha value is -6.37. The van der Waals surface area contributed by atoms with E-state index in [-0.39, 0.29) is 30.1 Å². The van der Waals surface area contributed by atoms with Gasteiger partial charge in [0, 0.05) is 41.4 Å². The number of H-pyrrole nitrogens is 1. The molecule has 1 aliphatic heterocycles. The number of rotatable bonds is 24. The highest BCUT2D eigenvalue weighted by Gasteiger charge is 2.34. The lowest BCUT2D eigenvalue weighted by atomic mass is 10.0. The number of para-hydroxylation sites is 1. The topological polar surface area (TPSA) is 338 Å². The number of aliphatic hydroxyl groups is 1. The van der Waals surface area contributed by atoms with Gasteiger partial charge in [-0.15, -0.1) is 0 Å². The van der Waals surface area contributed by atoms with Gasteiger partial charge in [0.15, 0.2) is 0 Å². The Morgan fingerprint density at radius 1 is 0.687 bits per heavy atom. The number of fused-ring (bicyclic) bond motifs is 1. The zero-order chi connectivity index (χ0) is 49.4. The van der Waals surface area contributed by atoms with Crippen molar-refractivity contribution in [2.24, 2.45) is 0 Å². The molecular weight excluding hydrogens is 913 g/mol. The molecule has 2 aromatic carbocycles. The normalized spacial score (nSPS) is 16.9. The second kappa shape index (κ2) is 25.5. The van der Waals surface area contributed by atoms with E-state index in [1.807, 2.05) is 6.07 Å². The van der Waals surface area contributed by atoms with E-state index in [2.05, 4.69) is 78.1 Å². The third-order valence-corrected chi connectivity index (χ3v) is 11.5. The first-order chi connectivity index (χ1) is 31.8. The highest BCUT2D eigenvalue weighted by atomic mass is 32.1. The van der Waals surface area contributed by atoms with Crippen LogP contribution in [0.25, 0.3) is 10.9 Å². The summed E-state index contributed by atoms with van der Waals surface area (Å²) in [7, 11) is 0. The van der Waals surface area contributed by atoms with Gasteiger partial charge in [-0.1, -0.05) is 30.3 Å². The molecule has 4 rings (SSSR count). The van der Waals surface area contributed by atoms with Gasteiger partial charge in [0.1, 0.15) is 48.0 Å². The molecule has 0 unspecified atom stereocenters. The van der Waals surface area contributed by atoms with Gasteiger partial charge in [0.2, 0.25) is 47.3 Å². The van der Waals surface area contributed by atoms with E-state index in [4.69, 9.17) is 0 Å². The molecule has 0 saturated carbocycles. The number of carboxylic acids is 1. The molecule has 1 aromatic heterocycles. The van der Waals surface area contributed by atoms with Crippen molar-refractivity contribution in [1.82, 2.24) is 52.8 Å². The highest BCUT2D eigenvalue weighted by molar-refractivity contribution is 7.80. The molecule has 8 amide bonds. The molecule has 13 N–H and O–H groups in total. The molecule has 0 aliphatic carbocycles. The van der Waals surface area contributed by atoms with Crippen molar-refractivity contribution in [1.29, 1.82) is 0 Å². The fourth-order valence-electron chi connectivity index (χ4n) is 6.88. The molecule has 0 bridgehead atoms. The molecule has 1 aliphatic rings. The molecular formula is C43H58N10O12S2. The number of aromatic nitrogens is 1. The first kappa shape index (κ1) is 53.2. The van der Waals surface area contributed by atoms with E-state index in [1.165, 1.54) is 45.0 Å². The first-order valence-corrected chi connectivity index (χ1v) is 22.7. The molecule has 364 valence electrons. The minimum atomic E-state index is -1.41. The van der Waals surface area contributed by atoms with Gasteiger partial charge in [-0.3, -0.25) is 43.2 Å². The standard InChI is InChI=1S/C43H58N10O12S2/c1-21(47-40(61)33(20-67)52-42(63)35(23(3)54)53-38(59)29-9-6-14-44-29)36(57)50-30(15-24-10-12-26(55)13-11-24)37(58)46-18-34(56)49-31(16-25-17-45-28-8-5-4-7-27(25)28)39(60)51-32(19-66)41(62)48-22(2)43(64)65/h4-5,7-8,10-13,17,21-23,29-33,35,44-45,54-55,66-67H,6,9,14-16,18-20H2,1-3H3,(H,46,58)(H,47,61)(H,48,62)(H,49,56)(H,50,57)(H,51,60)(H,52,63)(H,53,59)(H,64,65)/t21-,22-,23+,29-,30-,31-,32-,33-,35-/m0/s1. The average molecular weight is 971 g/mol. The predicted octanol–water partition coefficient (Wildman–Crippen LogP) is -2.71. The molecule has 0 spiro atoms. The Morgan fingerprint density at radius 3 is 1.87 bits per heavy atom. The molecule has 24 heteroatoms. The lowest BCUT2D eigenvalue weighted by molar-refractivity contribution is -0.141. The number of aromatic amines is 1. The molecule has 3 aromatic rings. The summed E-state index contributed by atoms with van der Waals surface area (Å²) < 4.78 is 0. The lowest BCUT2D eigenvalue weighted by Crippen LogP contribution is -2.60. The summed E-state index contributed by atoms with van der Waals surface area (Å²) in [6, 6.07) is 3.06. The molecule has 67 heavy (non-hydrogen) atoms. The van der Waals surface area contributed by atoms with Crippen LogP contribution in [0.3, 0.4) is 0 Å². The van der Waals surface area contributed by atoms with E-state index < -0.39 is 114 Å². The van der Waals surface area contributed by atoms with Crippen molar-refractivity contribution in [3.63, 3.8) is 0 Å². The maximum absolute atomic E-state index is 13.7. The minimum Gasteiger partial charge on any atom is -0.508 e. The number of phenols is 1. The van der Waals surface area contributed by atoms with E-state index in [0.29, 0.717) is 24.1 Å². The number of nitrogens with one attached hydrogen (secondary N) is 10. The number of carboxylic acid groups (broad SMARTS) is 1. The molecule has 2 heterocycles. The van der Waals surface area contributed by atoms with Crippen LogP contribution in [0.5, 0.6) is 5.75 Å². The number of carbonyl (C=O) groups excluding carboxylic acids is 8. The predicted molar refractivity (Wildman–Crippen MR) is 250 cm³/mol. The fraction of sp³-hybridized carbons (Fsp3) is 0.465. The summed E-state index contributed by atoms with van der Waals surface area (Å²) in [5.41, 5.74) is 1.85. The molecule has 9 atom stereocenters. The van der Waals surface area contributed by atoms with Crippen molar-refractivity contribution in [2.75, 3.05) is 24.6 Å². The summed E-state index contributed by atoms with van der Waals surface area (Å²) in [5, 5.41) is 52.8. The van der Waals surface area contributed by atoms with Gasteiger partial charge >= 0.3 is 5.97 Å². The van der Waals surface area contributed by atoms with Gasteiger partial charge < -0.3 is 68.2 Å². The van der Waals surface area contributed by atoms with E-state index in [1.54, 1.807) is 24.4 Å². The Morgan fingerprint density at radius 2 is 1.27 bits per heavy atom. The van der Waals surface area contributed by atoms with Crippen LogP contribution in [0.2, 0.25) is 0 Å². The number of amides is 8. The first-order valence-electron chi connectivity index (χ1n) is 21.4. The van der Waals surface area contributed by atoms with Crippen molar-refractivity contribution < 1.29 is 58.5 Å². The zero-order valence-electron chi connectivity index (χ0n) is 37.0. The van der Waals surface area contributed by atoms with Crippen molar-refractivity contribution in [3.05, 3.63) is 65.9 Å². The van der Waals surface area contributed by atoms with Crippen molar-refractivity contribution in [2.45, 2.75) is 101 Å². The average Bonchev–Trinajstić information content (AvgIpc) is 3.99. The van der Waals surface area contributed by atoms with E-state index in [9.17, 15) is 58.5 Å². The number of benzene rings is 2. The molecule has 22 nitrogen and oxygen atoms in total. The maximum Gasteiger partial charge on any atom is 0.325 e. The summed E-state index contributed by atoms with van der Waals surface area (Å²) in [6.07, 6.45) is 1.38. The third-order valence-electron chi connectivity index (χ3n) is 10.7. The van der Waals surface area contributed by atoms with Gasteiger partial charge in [0.25, 0.3) is 0 Å². The third kappa shape index (κ3) is 15.9. The molecule has 0 radical (unpaired) electrons. The lowest BCUT2D eigenvalue weighted by Gasteiger charge is -2.26. The summed E-state index contributed by atoms with van der Waals surface area (Å²) in [4.78, 5) is 121. The van der Waals surface area contributed by atoms with Crippen LogP contribution < -0.4 is 47.9 Å². The van der Waals surface area contributed by atoms with E-state index >= 15 is 0 Å². The number of phenolic OH excluding ortho intramolecular Hbond substituents is 1. The summed E-state index contributed by atoms with van der Waals surface area (Å²) in [5.74, 6) is -8.25. The number of hydrogen-bond donors (Lipinski definition) is 15. The van der Waals surface area contributed by atoms with Gasteiger partial charge in [-0.05, 0) is 69.5 Å². The molecule has 1 saturated heterocycles. The second-order valence-electron chi connectivity index (χ2n) is 16.0. The van der Waals surface area contributed by atoms with Gasteiger partial charge in [-0.2, -0.15) is 25.3 Å². The number of aliphatic carboxylic acids is 1. The van der Waals surface area contributed by atoms with Crippen LogP contribution in [0.1, 0.15) is 44.7 Å². The smallest absolute Gasteiger partial charge is 0.325 e. The Kier molecular flexibility index (Phi) is 20.3.